The van der Waals surface area contributed by atoms with Crippen LogP contribution in [0.25, 0.3) is 0 Å². The molecule has 1 saturated heterocycles. The lowest BCUT2D eigenvalue weighted by atomic mass is 9.97. The van der Waals surface area contributed by atoms with Crippen LogP contribution < -0.4 is 10.2 Å². The van der Waals surface area contributed by atoms with E-state index in [0.29, 0.717) is 6.54 Å². The van der Waals surface area contributed by atoms with Gasteiger partial charge in [0.15, 0.2) is 0 Å². The average molecular weight is 248 g/mol. The lowest BCUT2D eigenvalue weighted by Gasteiger charge is -2.32. The van der Waals surface area contributed by atoms with Crippen LogP contribution in [0.4, 0.5) is 5.95 Å². The van der Waals surface area contributed by atoms with Gasteiger partial charge in [-0.25, -0.2) is 9.97 Å². The predicted molar refractivity (Wildman–Crippen MR) is 70.5 cm³/mol. The van der Waals surface area contributed by atoms with Crippen molar-refractivity contribution in [2.75, 3.05) is 25.0 Å². The Morgan fingerprint density at radius 2 is 2.06 bits per heavy atom. The molecule has 1 aromatic heterocycles. The van der Waals surface area contributed by atoms with Crippen LogP contribution in [0, 0.1) is 19.8 Å². The largest absolute Gasteiger partial charge is 0.359 e. The molecule has 2 heterocycles. The maximum Gasteiger partial charge on any atom is 0.225 e. The van der Waals surface area contributed by atoms with Crippen LogP contribution in [0.5, 0.6) is 0 Å². The summed E-state index contributed by atoms with van der Waals surface area (Å²) in [5.41, 5.74) is 1.94. The Labute approximate surface area is 108 Å². The average Bonchev–Trinajstić information content (AvgIpc) is 2.37. The Bertz CT molecular complexity index is 426. The highest BCUT2D eigenvalue weighted by atomic mass is 16.1. The van der Waals surface area contributed by atoms with E-state index in [-0.39, 0.29) is 11.8 Å². The zero-order chi connectivity index (χ0) is 13.1. The van der Waals surface area contributed by atoms with Crippen molar-refractivity contribution in [1.82, 2.24) is 15.3 Å². The summed E-state index contributed by atoms with van der Waals surface area (Å²) >= 11 is 0. The van der Waals surface area contributed by atoms with Gasteiger partial charge in [0.1, 0.15) is 0 Å². The number of anilines is 1. The minimum Gasteiger partial charge on any atom is -0.359 e. The third kappa shape index (κ3) is 2.78. The van der Waals surface area contributed by atoms with Crippen molar-refractivity contribution in [2.45, 2.75) is 26.7 Å². The molecule has 0 aliphatic carbocycles. The van der Waals surface area contributed by atoms with Crippen LogP contribution >= 0.6 is 0 Å². The fourth-order valence-corrected chi connectivity index (χ4v) is 2.43. The SMILES string of the molecule is CNC(=O)[C@@H]1CCCN(c2nc(C)cc(C)n2)C1. The van der Waals surface area contributed by atoms with E-state index in [1.807, 2.05) is 19.9 Å². The van der Waals surface area contributed by atoms with Crippen LogP contribution in [-0.2, 0) is 4.79 Å². The van der Waals surface area contributed by atoms with E-state index in [1.54, 1.807) is 7.05 Å². The molecule has 1 aliphatic heterocycles. The standard InChI is InChI=1S/C13H20N4O/c1-9-7-10(2)16-13(15-9)17-6-4-5-11(8-17)12(18)14-3/h7,11H,4-6,8H2,1-3H3,(H,14,18)/t11-/m1/s1. The van der Waals surface area contributed by atoms with E-state index >= 15 is 0 Å². The first-order valence-corrected chi connectivity index (χ1v) is 6.39. The molecule has 1 aliphatic rings. The molecule has 18 heavy (non-hydrogen) atoms. The Kier molecular flexibility index (Phi) is 3.79. The second-order valence-electron chi connectivity index (χ2n) is 4.85. The molecule has 0 aromatic carbocycles. The van der Waals surface area contributed by atoms with E-state index in [0.717, 1.165) is 36.7 Å². The molecular weight excluding hydrogens is 228 g/mol. The highest BCUT2D eigenvalue weighted by Crippen LogP contribution is 2.21. The molecular formula is C13H20N4O. The molecule has 1 N–H and O–H groups in total. The third-order valence-electron chi connectivity index (χ3n) is 3.29. The maximum atomic E-state index is 11.7. The Balaban J connectivity index is 2.15. The molecule has 0 unspecified atom stereocenters. The second kappa shape index (κ2) is 5.33. The molecule has 5 heteroatoms. The molecule has 98 valence electrons. The van der Waals surface area contributed by atoms with Crippen LogP contribution in [0.1, 0.15) is 24.2 Å². The lowest BCUT2D eigenvalue weighted by molar-refractivity contribution is -0.124. The summed E-state index contributed by atoms with van der Waals surface area (Å²) < 4.78 is 0. The minimum absolute atomic E-state index is 0.0492. The van der Waals surface area contributed by atoms with Gasteiger partial charge in [-0.3, -0.25) is 4.79 Å². The number of nitrogens with zero attached hydrogens (tertiary/aromatic N) is 3. The molecule has 0 saturated carbocycles. The Morgan fingerprint density at radius 1 is 1.39 bits per heavy atom. The van der Waals surface area contributed by atoms with Gasteiger partial charge in [0.2, 0.25) is 11.9 Å². The van der Waals surface area contributed by atoms with Crippen molar-refractivity contribution in [3.63, 3.8) is 0 Å². The monoisotopic (exact) mass is 248 g/mol. The predicted octanol–water partition coefficient (Wildman–Crippen LogP) is 1.06. The fourth-order valence-electron chi connectivity index (χ4n) is 2.43. The molecule has 1 atom stereocenters. The second-order valence-corrected chi connectivity index (χ2v) is 4.85. The highest BCUT2D eigenvalue weighted by molar-refractivity contribution is 5.79. The van der Waals surface area contributed by atoms with Crippen molar-refractivity contribution in [2.24, 2.45) is 5.92 Å². The molecule has 0 spiro atoms. The first-order chi connectivity index (χ1) is 8.60. The number of carbonyl (C=O) groups excluding carboxylic acids is 1. The molecule has 1 aromatic rings. The van der Waals surface area contributed by atoms with Gasteiger partial charge in [-0.2, -0.15) is 0 Å². The Morgan fingerprint density at radius 3 is 2.67 bits per heavy atom. The zero-order valence-electron chi connectivity index (χ0n) is 11.2. The van der Waals surface area contributed by atoms with Gasteiger partial charge in [0, 0.05) is 31.5 Å². The summed E-state index contributed by atoms with van der Waals surface area (Å²) in [5.74, 6) is 0.915. The van der Waals surface area contributed by atoms with Gasteiger partial charge < -0.3 is 10.2 Å². The number of aromatic nitrogens is 2. The number of carbonyl (C=O) groups is 1. The third-order valence-corrected chi connectivity index (χ3v) is 3.29. The van der Waals surface area contributed by atoms with Crippen LogP contribution in [0.3, 0.4) is 0 Å². The number of nitrogens with one attached hydrogen (secondary N) is 1. The van der Waals surface area contributed by atoms with E-state index < -0.39 is 0 Å². The molecule has 0 radical (unpaired) electrons. The molecule has 1 fully saturated rings. The molecule has 2 rings (SSSR count). The number of rotatable bonds is 2. The van der Waals surface area contributed by atoms with E-state index in [4.69, 9.17) is 0 Å². The van der Waals surface area contributed by atoms with Crippen molar-refractivity contribution in [3.8, 4) is 0 Å². The minimum atomic E-state index is 0.0492. The van der Waals surface area contributed by atoms with Gasteiger partial charge in [-0.15, -0.1) is 0 Å². The first-order valence-electron chi connectivity index (χ1n) is 6.39. The number of piperidine rings is 1. The van der Waals surface area contributed by atoms with Crippen molar-refractivity contribution >= 4 is 11.9 Å². The fraction of sp³-hybridized carbons (Fsp3) is 0.615. The van der Waals surface area contributed by atoms with Gasteiger partial charge in [0.25, 0.3) is 0 Å². The number of hydrogen-bond acceptors (Lipinski definition) is 4. The molecule has 0 bridgehead atoms. The summed E-state index contributed by atoms with van der Waals surface area (Å²) in [4.78, 5) is 22.7. The van der Waals surface area contributed by atoms with E-state index in [9.17, 15) is 4.79 Å². The number of hydrogen-bond donors (Lipinski definition) is 1. The highest BCUT2D eigenvalue weighted by Gasteiger charge is 2.26. The van der Waals surface area contributed by atoms with Crippen molar-refractivity contribution in [1.29, 1.82) is 0 Å². The molecule has 1 amide bonds. The van der Waals surface area contributed by atoms with Crippen LogP contribution in [0.2, 0.25) is 0 Å². The quantitative estimate of drug-likeness (QED) is 0.850. The summed E-state index contributed by atoms with van der Waals surface area (Å²) in [6, 6.07) is 1.96. The number of amides is 1. The van der Waals surface area contributed by atoms with Crippen molar-refractivity contribution < 1.29 is 4.79 Å². The smallest absolute Gasteiger partial charge is 0.225 e. The van der Waals surface area contributed by atoms with E-state index in [1.165, 1.54) is 0 Å². The zero-order valence-corrected chi connectivity index (χ0v) is 11.2. The van der Waals surface area contributed by atoms with Crippen molar-refractivity contribution in [3.05, 3.63) is 17.5 Å². The van der Waals surface area contributed by atoms with Gasteiger partial charge in [-0.1, -0.05) is 0 Å². The topological polar surface area (TPSA) is 58.1 Å². The lowest BCUT2D eigenvalue weighted by Crippen LogP contribution is -2.43. The Hall–Kier alpha value is -1.65. The summed E-state index contributed by atoms with van der Waals surface area (Å²) in [6.07, 6.45) is 1.95. The van der Waals surface area contributed by atoms with Crippen LogP contribution in [0.15, 0.2) is 6.07 Å². The maximum absolute atomic E-state index is 11.7. The normalized spacial score (nSPS) is 19.7. The summed E-state index contributed by atoms with van der Waals surface area (Å²) in [5, 5.41) is 2.72. The van der Waals surface area contributed by atoms with Gasteiger partial charge in [-0.05, 0) is 32.8 Å². The van der Waals surface area contributed by atoms with Gasteiger partial charge >= 0.3 is 0 Å². The number of aryl methyl sites for hydroxylation is 2. The summed E-state index contributed by atoms with van der Waals surface area (Å²) in [6.45, 7) is 5.58. The van der Waals surface area contributed by atoms with E-state index in [2.05, 4.69) is 20.2 Å². The summed E-state index contributed by atoms with van der Waals surface area (Å²) in [7, 11) is 1.69. The molecule has 5 nitrogen and oxygen atoms in total. The van der Waals surface area contributed by atoms with Gasteiger partial charge in [0.05, 0.1) is 5.92 Å². The first kappa shape index (κ1) is 12.8. The van der Waals surface area contributed by atoms with Crippen LogP contribution in [-0.4, -0.2) is 36.0 Å².